The quantitative estimate of drug-likeness (QED) is 0.843. The van der Waals surface area contributed by atoms with Gasteiger partial charge in [-0.05, 0) is 50.4 Å². The summed E-state index contributed by atoms with van der Waals surface area (Å²) in [6, 6.07) is 11.0. The summed E-state index contributed by atoms with van der Waals surface area (Å²) in [4.78, 5) is 2.80. The van der Waals surface area contributed by atoms with Crippen LogP contribution in [0.25, 0.3) is 0 Å². The topological polar surface area (TPSA) is 15.3 Å². The predicted octanol–water partition coefficient (Wildman–Crippen LogP) is 3.14. The molecule has 1 N–H and O–H groups in total. The Balaban J connectivity index is 1.80. The molecule has 0 aromatic heterocycles. The van der Waals surface area contributed by atoms with Crippen molar-refractivity contribution in [1.29, 1.82) is 0 Å². The first-order valence-corrected chi connectivity index (χ1v) is 7.86. The number of fused-ring (bicyclic) bond motifs is 1. The van der Waals surface area contributed by atoms with Crippen LogP contribution in [0.3, 0.4) is 0 Å². The molecule has 0 radical (unpaired) electrons. The summed E-state index contributed by atoms with van der Waals surface area (Å²) in [6.07, 6.45) is 6.68. The number of unbranched alkanes of at least 4 members (excludes halogenated alkanes) is 1. The Bertz CT molecular complexity index is 425. The lowest BCUT2D eigenvalue weighted by atomic mass is 10.1. The molecule has 0 amide bonds. The normalized spacial score (nSPS) is 25.8. The van der Waals surface area contributed by atoms with Crippen LogP contribution in [0.4, 0.5) is 0 Å². The van der Waals surface area contributed by atoms with Crippen molar-refractivity contribution in [3.63, 3.8) is 0 Å². The highest BCUT2D eigenvalue weighted by Crippen LogP contribution is 2.39. The summed E-state index contributed by atoms with van der Waals surface area (Å²) in [5, 5.41) is 3.57. The number of hydrogen-bond donors (Lipinski definition) is 1. The van der Waals surface area contributed by atoms with Gasteiger partial charge in [0.15, 0.2) is 0 Å². The molecule has 1 saturated carbocycles. The van der Waals surface area contributed by atoms with Gasteiger partial charge < -0.3 is 5.32 Å². The summed E-state index contributed by atoms with van der Waals surface area (Å²) in [6.45, 7) is 3.57. The van der Waals surface area contributed by atoms with Gasteiger partial charge in [0.05, 0.1) is 0 Å². The highest BCUT2D eigenvalue weighted by atomic mass is 15.2. The smallest absolute Gasteiger partial charge is 0.0481 e. The molecule has 1 aromatic rings. The summed E-state index contributed by atoms with van der Waals surface area (Å²) < 4.78 is 0. The number of hydrogen-bond acceptors (Lipinski definition) is 2. The second-order valence-corrected chi connectivity index (χ2v) is 6.06. The third kappa shape index (κ3) is 2.56. The fourth-order valence-corrected chi connectivity index (χ4v) is 3.60. The Kier molecular flexibility index (Phi) is 3.90. The molecule has 0 heterocycles. The molecule has 1 fully saturated rings. The molecule has 0 bridgehead atoms. The van der Waals surface area contributed by atoms with Gasteiger partial charge in [0.2, 0.25) is 0 Å². The average Bonchev–Trinajstić information content (AvgIpc) is 3.20. The van der Waals surface area contributed by atoms with E-state index in [0.717, 1.165) is 6.04 Å². The van der Waals surface area contributed by atoms with E-state index in [-0.39, 0.29) is 0 Å². The summed E-state index contributed by atoms with van der Waals surface area (Å²) in [7, 11) is 2.12. The Morgan fingerprint density at radius 3 is 2.74 bits per heavy atom. The van der Waals surface area contributed by atoms with E-state index in [9.17, 15) is 0 Å². The van der Waals surface area contributed by atoms with E-state index in [1.165, 1.54) is 44.2 Å². The van der Waals surface area contributed by atoms with Crippen LogP contribution in [0.2, 0.25) is 0 Å². The second-order valence-electron chi connectivity index (χ2n) is 6.06. The molecule has 2 unspecified atom stereocenters. The van der Waals surface area contributed by atoms with Crippen molar-refractivity contribution in [2.24, 2.45) is 0 Å². The van der Waals surface area contributed by atoms with Crippen LogP contribution in [0, 0.1) is 0 Å². The summed E-state index contributed by atoms with van der Waals surface area (Å²) in [5.41, 5.74) is 3.08. The Morgan fingerprint density at radius 1 is 1.26 bits per heavy atom. The minimum atomic E-state index is 0.522. The van der Waals surface area contributed by atoms with Crippen molar-refractivity contribution < 1.29 is 0 Å². The summed E-state index contributed by atoms with van der Waals surface area (Å²) >= 11 is 0. The molecule has 0 saturated heterocycles. The SMILES string of the molecule is CCCCN(C1CC1)C1Cc2ccccc2C1NC. The molecule has 0 aliphatic heterocycles. The first kappa shape index (κ1) is 13.1. The van der Waals surface area contributed by atoms with Crippen molar-refractivity contribution in [2.75, 3.05) is 13.6 Å². The Hall–Kier alpha value is -0.860. The minimum Gasteiger partial charge on any atom is -0.312 e. The summed E-state index contributed by atoms with van der Waals surface area (Å²) in [5.74, 6) is 0. The maximum Gasteiger partial charge on any atom is 0.0481 e. The average molecular weight is 258 g/mol. The standard InChI is InChI=1S/C17H26N2/c1-3-4-11-19(14-9-10-14)16-12-13-7-5-6-8-15(13)17(16)18-2/h5-8,14,16-18H,3-4,9-12H2,1-2H3. The molecular formula is C17H26N2. The molecule has 3 rings (SSSR count). The molecule has 2 aliphatic carbocycles. The minimum absolute atomic E-state index is 0.522. The van der Waals surface area contributed by atoms with Gasteiger partial charge in [0.25, 0.3) is 0 Å². The van der Waals surface area contributed by atoms with Gasteiger partial charge in [-0.1, -0.05) is 37.6 Å². The lowest BCUT2D eigenvalue weighted by molar-refractivity contribution is 0.157. The third-order valence-electron chi connectivity index (χ3n) is 4.73. The Labute approximate surface area is 117 Å². The number of rotatable bonds is 6. The van der Waals surface area contributed by atoms with Crippen molar-refractivity contribution >= 4 is 0 Å². The van der Waals surface area contributed by atoms with Crippen LogP contribution in [0.5, 0.6) is 0 Å². The molecule has 2 heteroatoms. The van der Waals surface area contributed by atoms with E-state index >= 15 is 0 Å². The fourth-order valence-electron chi connectivity index (χ4n) is 3.60. The van der Waals surface area contributed by atoms with Gasteiger partial charge in [0, 0.05) is 18.1 Å². The fraction of sp³-hybridized carbons (Fsp3) is 0.647. The van der Waals surface area contributed by atoms with Crippen LogP contribution in [-0.2, 0) is 6.42 Å². The largest absolute Gasteiger partial charge is 0.312 e. The monoisotopic (exact) mass is 258 g/mol. The van der Waals surface area contributed by atoms with Crippen molar-refractivity contribution in [1.82, 2.24) is 10.2 Å². The highest BCUT2D eigenvalue weighted by Gasteiger charge is 2.40. The lowest BCUT2D eigenvalue weighted by Gasteiger charge is -2.33. The van der Waals surface area contributed by atoms with E-state index in [0.29, 0.717) is 12.1 Å². The molecule has 104 valence electrons. The number of likely N-dealkylation sites (N-methyl/N-ethyl adjacent to an activating group) is 1. The van der Waals surface area contributed by atoms with Gasteiger partial charge in [-0.25, -0.2) is 0 Å². The number of nitrogens with one attached hydrogen (secondary N) is 1. The molecular weight excluding hydrogens is 232 g/mol. The zero-order valence-corrected chi connectivity index (χ0v) is 12.2. The van der Waals surface area contributed by atoms with Gasteiger partial charge in [-0.15, -0.1) is 0 Å². The van der Waals surface area contributed by atoms with Crippen LogP contribution in [0.1, 0.15) is 49.8 Å². The molecule has 2 aliphatic rings. The molecule has 2 atom stereocenters. The van der Waals surface area contributed by atoms with Crippen LogP contribution >= 0.6 is 0 Å². The third-order valence-corrected chi connectivity index (χ3v) is 4.73. The van der Waals surface area contributed by atoms with Gasteiger partial charge in [0.1, 0.15) is 0 Å². The molecule has 1 aromatic carbocycles. The van der Waals surface area contributed by atoms with E-state index in [1.54, 1.807) is 5.56 Å². The highest BCUT2D eigenvalue weighted by molar-refractivity contribution is 5.37. The van der Waals surface area contributed by atoms with Crippen LogP contribution in [0.15, 0.2) is 24.3 Å². The van der Waals surface area contributed by atoms with Crippen LogP contribution in [-0.4, -0.2) is 30.6 Å². The zero-order chi connectivity index (χ0) is 13.2. The maximum absolute atomic E-state index is 3.57. The van der Waals surface area contributed by atoms with Crippen molar-refractivity contribution in [3.8, 4) is 0 Å². The van der Waals surface area contributed by atoms with Crippen molar-refractivity contribution in [3.05, 3.63) is 35.4 Å². The van der Waals surface area contributed by atoms with E-state index in [4.69, 9.17) is 0 Å². The van der Waals surface area contributed by atoms with E-state index < -0.39 is 0 Å². The first-order valence-electron chi connectivity index (χ1n) is 7.86. The van der Waals surface area contributed by atoms with Crippen LogP contribution < -0.4 is 5.32 Å². The van der Waals surface area contributed by atoms with Gasteiger partial charge >= 0.3 is 0 Å². The predicted molar refractivity (Wildman–Crippen MR) is 80.4 cm³/mol. The van der Waals surface area contributed by atoms with E-state index in [1.807, 2.05) is 0 Å². The molecule has 19 heavy (non-hydrogen) atoms. The Morgan fingerprint density at radius 2 is 2.05 bits per heavy atom. The van der Waals surface area contributed by atoms with Crippen molar-refractivity contribution in [2.45, 2.75) is 57.2 Å². The maximum atomic E-state index is 3.57. The molecule has 2 nitrogen and oxygen atoms in total. The number of benzene rings is 1. The number of nitrogens with zero attached hydrogens (tertiary/aromatic N) is 1. The zero-order valence-electron chi connectivity index (χ0n) is 12.2. The molecule has 0 spiro atoms. The van der Waals surface area contributed by atoms with E-state index in [2.05, 4.69) is 48.5 Å². The van der Waals surface area contributed by atoms with Gasteiger partial charge in [-0.3, -0.25) is 4.90 Å². The lowest BCUT2D eigenvalue weighted by Crippen LogP contribution is -2.44. The second kappa shape index (κ2) is 5.64. The van der Waals surface area contributed by atoms with Gasteiger partial charge in [-0.2, -0.15) is 0 Å². The first-order chi connectivity index (χ1) is 9.35.